The molecular formula is C19H22N4O2S. The molecule has 6 nitrogen and oxygen atoms in total. The zero-order valence-corrected chi connectivity index (χ0v) is 16.2. The van der Waals surface area contributed by atoms with Crippen LogP contribution >= 0.6 is 11.8 Å². The van der Waals surface area contributed by atoms with Crippen LogP contribution in [-0.2, 0) is 4.79 Å². The van der Waals surface area contributed by atoms with E-state index in [4.69, 9.17) is 4.74 Å². The molecule has 1 aromatic heterocycles. The highest BCUT2D eigenvalue weighted by atomic mass is 32.2. The highest BCUT2D eigenvalue weighted by molar-refractivity contribution is 7.98. The van der Waals surface area contributed by atoms with Gasteiger partial charge < -0.3 is 10.1 Å². The van der Waals surface area contributed by atoms with Gasteiger partial charge in [-0.25, -0.2) is 4.68 Å². The number of hydrogen-bond acceptors (Lipinski definition) is 6. The number of Topliss-reactive ketones (excluding diaryl/α,β-unsaturated/α-hetero) is 1. The van der Waals surface area contributed by atoms with Crippen LogP contribution in [0.1, 0.15) is 38.3 Å². The lowest BCUT2D eigenvalue weighted by molar-refractivity contribution is -0.118. The first kappa shape index (κ1) is 17.1. The fourth-order valence-corrected chi connectivity index (χ4v) is 4.20. The third kappa shape index (κ3) is 2.70. The van der Waals surface area contributed by atoms with E-state index in [0.717, 1.165) is 29.0 Å². The summed E-state index contributed by atoms with van der Waals surface area (Å²) in [5.74, 6) is 1.58. The van der Waals surface area contributed by atoms with Crippen molar-refractivity contribution in [1.29, 1.82) is 0 Å². The largest absolute Gasteiger partial charge is 0.496 e. The van der Waals surface area contributed by atoms with Crippen LogP contribution in [0.2, 0.25) is 0 Å². The monoisotopic (exact) mass is 370 g/mol. The molecule has 2 aromatic rings. The van der Waals surface area contributed by atoms with Gasteiger partial charge in [0.15, 0.2) is 5.78 Å². The molecule has 0 saturated heterocycles. The topological polar surface area (TPSA) is 69.0 Å². The highest BCUT2D eigenvalue weighted by Gasteiger charge is 2.42. The number of anilines is 1. The molecule has 1 N–H and O–H groups in total. The predicted octanol–water partition coefficient (Wildman–Crippen LogP) is 3.67. The lowest BCUT2D eigenvalue weighted by Crippen LogP contribution is -2.36. The maximum Gasteiger partial charge on any atom is 0.227 e. The SMILES string of the molecule is COc1ccccc1[C@@H]1C2=C(CC(C)(C)CC2=O)Nc2nc(SC)nn21. The summed E-state index contributed by atoms with van der Waals surface area (Å²) in [6.07, 6.45) is 3.28. The summed E-state index contributed by atoms with van der Waals surface area (Å²) in [5, 5.41) is 8.68. The molecule has 0 amide bonds. The van der Waals surface area contributed by atoms with Crippen molar-refractivity contribution in [3.63, 3.8) is 0 Å². The maximum atomic E-state index is 13.1. The van der Waals surface area contributed by atoms with Gasteiger partial charge in [0, 0.05) is 23.3 Å². The summed E-state index contributed by atoms with van der Waals surface area (Å²) >= 11 is 1.49. The van der Waals surface area contributed by atoms with Crippen molar-refractivity contribution in [1.82, 2.24) is 14.8 Å². The minimum atomic E-state index is -0.325. The van der Waals surface area contributed by atoms with E-state index in [1.54, 1.807) is 7.11 Å². The first-order valence-electron chi connectivity index (χ1n) is 8.60. The summed E-state index contributed by atoms with van der Waals surface area (Å²) in [6.45, 7) is 4.25. The summed E-state index contributed by atoms with van der Waals surface area (Å²) in [4.78, 5) is 17.7. The molecule has 0 saturated carbocycles. The van der Waals surface area contributed by atoms with Gasteiger partial charge in [0.25, 0.3) is 0 Å². The standard InChI is InChI=1S/C19H22N4O2S/c1-19(2)9-12-15(13(24)10-19)16(11-7-5-6-8-14(11)25-3)23-17(20-12)21-18(22-23)26-4/h5-8,16H,9-10H2,1-4H3,(H,20,21,22)/t16-/m1/s1. The van der Waals surface area contributed by atoms with Crippen LogP contribution < -0.4 is 10.1 Å². The molecular weight excluding hydrogens is 348 g/mol. The molecule has 0 bridgehead atoms. The highest BCUT2D eigenvalue weighted by Crippen LogP contribution is 2.47. The molecule has 2 aliphatic rings. The number of ketones is 1. The Bertz CT molecular complexity index is 916. The van der Waals surface area contributed by atoms with Crippen molar-refractivity contribution in [3.05, 3.63) is 41.1 Å². The minimum Gasteiger partial charge on any atom is -0.496 e. The number of carbonyl (C=O) groups is 1. The second-order valence-corrected chi connectivity index (χ2v) is 8.24. The minimum absolute atomic E-state index is 0.0707. The van der Waals surface area contributed by atoms with E-state index in [0.29, 0.717) is 17.5 Å². The van der Waals surface area contributed by atoms with Crippen molar-refractivity contribution in [2.24, 2.45) is 5.41 Å². The molecule has 136 valence electrons. The Balaban J connectivity index is 1.94. The number of para-hydroxylation sites is 1. The van der Waals surface area contributed by atoms with Gasteiger partial charge in [-0.15, -0.1) is 5.10 Å². The van der Waals surface area contributed by atoms with Crippen molar-refractivity contribution < 1.29 is 9.53 Å². The van der Waals surface area contributed by atoms with Crippen molar-refractivity contribution in [2.75, 3.05) is 18.7 Å². The number of ether oxygens (including phenoxy) is 1. The van der Waals surface area contributed by atoms with Gasteiger partial charge >= 0.3 is 0 Å². The zero-order valence-electron chi connectivity index (χ0n) is 15.4. The van der Waals surface area contributed by atoms with E-state index in [-0.39, 0.29) is 17.2 Å². The van der Waals surface area contributed by atoms with Crippen LogP contribution in [0.15, 0.2) is 40.7 Å². The lowest BCUT2D eigenvalue weighted by Gasteiger charge is -2.38. The predicted molar refractivity (Wildman–Crippen MR) is 102 cm³/mol. The van der Waals surface area contributed by atoms with Gasteiger partial charge in [-0.1, -0.05) is 43.8 Å². The Labute approximate surface area is 157 Å². The second-order valence-electron chi connectivity index (χ2n) is 7.47. The quantitative estimate of drug-likeness (QED) is 0.832. The average Bonchev–Trinajstić information content (AvgIpc) is 3.01. The Kier molecular flexibility index (Phi) is 4.06. The van der Waals surface area contributed by atoms with E-state index in [9.17, 15) is 4.79 Å². The Morgan fingerprint density at radius 3 is 2.81 bits per heavy atom. The van der Waals surface area contributed by atoms with Gasteiger partial charge in [0.05, 0.1) is 7.11 Å². The van der Waals surface area contributed by atoms with Gasteiger partial charge in [0.2, 0.25) is 11.1 Å². The van der Waals surface area contributed by atoms with Crippen LogP contribution in [0.4, 0.5) is 5.95 Å². The summed E-state index contributed by atoms with van der Waals surface area (Å²) < 4.78 is 7.40. The normalized spacial score (nSPS) is 21.1. The molecule has 4 rings (SSSR count). The van der Waals surface area contributed by atoms with E-state index in [2.05, 4.69) is 29.2 Å². The zero-order chi connectivity index (χ0) is 18.5. The molecule has 0 fully saturated rings. The second kappa shape index (κ2) is 6.16. The van der Waals surface area contributed by atoms with E-state index >= 15 is 0 Å². The van der Waals surface area contributed by atoms with Gasteiger partial charge in [0.1, 0.15) is 11.8 Å². The molecule has 7 heteroatoms. The van der Waals surface area contributed by atoms with Crippen molar-refractivity contribution >= 4 is 23.5 Å². The van der Waals surface area contributed by atoms with Crippen LogP contribution in [0, 0.1) is 5.41 Å². The molecule has 1 aromatic carbocycles. The van der Waals surface area contributed by atoms with Crippen molar-refractivity contribution in [3.8, 4) is 5.75 Å². The number of rotatable bonds is 3. The number of aromatic nitrogens is 3. The van der Waals surface area contributed by atoms with Crippen LogP contribution in [0.25, 0.3) is 0 Å². The fourth-order valence-electron chi connectivity index (χ4n) is 3.86. The number of allylic oxidation sites excluding steroid dienone is 2. The average molecular weight is 370 g/mol. The molecule has 1 aliphatic carbocycles. The smallest absolute Gasteiger partial charge is 0.227 e. The van der Waals surface area contributed by atoms with Gasteiger partial charge in [-0.2, -0.15) is 4.98 Å². The molecule has 1 atom stereocenters. The molecule has 0 spiro atoms. The molecule has 0 radical (unpaired) electrons. The molecule has 1 aliphatic heterocycles. The summed E-state index contributed by atoms with van der Waals surface area (Å²) in [5.41, 5.74) is 2.59. The number of nitrogens with zero attached hydrogens (tertiary/aromatic N) is 3. The third-order valence-electron chi connectivity index (χ3n) is 4.93. The number of benzene rings is 1. The summed E-state index contributed by atoms with van der Waals surface area (Å²) in [7, 11) is 1.65. The lowest BCUT2D eigenvalue weighted by atomic mass is 9.73. The number of fused-ring (bicyclic) bond motifs is 1. The van der Waals surface area contributed by atoms with Crippen LogP contribution in [-0.4, -0.2) is 33.9 Å². The van der Waals surface area contributed by atoms with Gasteiger partial charge in [-0.05, 0) is 24.2 Å². The molecule has 2 heterocycles. The third-order valence-corrected chi connectivity index (χ3v) is 5.47. The Morgan fingerprint density at radius 1 is 1.31 bits per heavy atom. The molecule has 0 unspecified atom stereocenters. The molecule has 26 heavy (non-hydrogen) atoms. The van der Waals surface area contributed by atoms with Gasteiger partial charge in [-0.3, -0.25) is 4.79 Å². The number of carbonyl (C=O) groups excluding carboxylic acids is 1. The van der Waals surface area contributed by atoms with Crippen LogP contribution in [0.3, 0.4) is 0 Å². The maximum absolute atomic E-state index is 13.1. The van der Waals surface area contributed by atoms with Crippen molar-refractivity contribution in [2.45, 2.75) is 37.9 Å². The fraction of sp³-hybridized carbons (Fsp3) is 0.421. The Morgan fingerprint density at radius 2 is 2.08 bits per heavy atom. The number of hydrogen-bond donors (Lipinski definition) is 1. The number of methoxy groups -OCH3 is 1. The first-order valence-corrected chi connectivity index (χ1v) is 9.83. The van der Waals surface area contributed by atoms with Crippen LogP contribution in [0.5, 0.6) is 5.75 Å². The number of nitrogens with one attached hydrogen (secondary N) is 1. The Hall–Kier alpha value is -2.28. The van der Waals surface area contributed by atoms with E-state index in [1.807, 2.05) is 35.2 Å². The number of thioether (sulfide) groups is 1. The first-order chi connectivity index (χ1) is 12.4. The van der Waals surface area contributed by atoms with E-state index in [1.165, 1.54) is 11.8 Å². The van der Waals surface area contributed by atoms with E-state index < -0.39 is 0 Å². The summed E-state index contributed by atoms with van der Waals surface area (Å²) in [6, 6.07) is 7.48.